The zero-order valence-corrected chi connectivity index (χ0v) is 27.2. The third-order valence-electron chi connectivity index (χ3n) is 4.60. The molecule has 38 heavy (non-hydrogen) atoms. The molecule has 16 heteroatoms. The van der Waals surface area contributed by atoms with Crippen LogP contribution in [0.15, 0.2) is 60.4 Å². The smallest absolute Gasteiger partial charge is 0.772 e. The molecule has 0 aliphatic carbocycles. The first-order valence-corrected chi connectivity index (χ1v) is 16.4. The van der Waals surface area contributed by atoms with E-state index in [1.165, 1.54) is 12.1 Å². The van der Waals surface area contributed by atoms with Gasteiger partial charge in [-0.15, -0.1) is 0 Å². The summed E-state index contributed by atoms with van der Waals surface area (Å²) < 4.78 is 96.7. The van der Waals surface area contributed by atoms with Crippen LogP contribution in [0.25, 0.3) is 6.08 Å². The van der Waals surface area contributed by atoms with E-state index < -0.39 is 68.8 Å². The quantitative estimate of drug-likeness (QED) is 0.123. The van der Waals surface area contributed by atoms with Crippen molar-refractivity contribution in [3.05, 3.63) is 61.0 Å². The Hall–Kier alpha value is -1.17. The van der Waals surface area contributed by atoms with Crippen LogP contribution in [0.5, 0.6) is 0 Å². The van der Waals surface area contributed by atoms with Gasteiger partial charge in [-0.05, 0) is 43.5 Å². The van der Waals surface area contributed by atoms with Crippen molar-refractivity contribution in [3.8, 4) is 0 Å². The van der Waals surface area contributed by atoms with E-state index in [1.54, 1.807) is 32.1 Å². The molecule has 0 saturated carbocycles. The van der Waals surface area contributed by atoms with Gasteiger partial charge in [-0.25, -0.2) is 21.0 Å². The second-order valence-corrected chi connectivity index (χ2v) is 15.4. The molecule has 11 nitrogen and oxygen atoms in total. The van der Waals surface area contributed by atoms with E-state index in [0.717, 1.165) is 25.5 Å². The number of carbonyl (C=O) groups excluding carboxylic acids is 1. The van der Waals surface area contributed by atoms with Crippen LogP contribution in [-0.4, -0.2) is 61.7 Å². The van der Waals surface area contributed by atoms with E-state index in [2.05, 4.69) is 25.1 Å². The van der Waals surface area contributed by atoms with Gasteiger partial charge in [-0.1, -0.05) is 62.9 Å². The summed E-state index contributed by atoms with van der Waals surface area (Å²) in [5.74, 6) is -2.02. The van der Waals surface area contributed by atoms with Gasteiger partial charge in [0.05, 0.1) is 10.6 Å². The number of amides is 1. The van der Waals surface area contributed by atoms with Crippen molar-refractivity contribution in [2.45, 2.75) is 42.9 Å². The van der Waals surface area contributed by atoms with Crippen molar-refractivity contribution in [3.63, 3.8) is 0 Å². The number of benzene rings is 1. The zero-order chi connectivity index (χ0) is 29.2. The Bertz CT molecular complexity index is 1320. The second-order valence-electron chi connectivity index (χ2n) is 8.16. The van der Waals surface area contributed by atoms with Gasteiger partial charge in [0.25, 0.3) is 10.1 Å². The molecule has 1 aromatic carbocycles. The minimum Gasteiger partial charge on any atom is -0.772 e. The van der Waals surface area contributed by atoms with Gasteiger partial charge < -0.3 is 9.87 Å². The summed E-state index contributed by atoms with van der Waals surface area (Å²) >= 11 is -2.34. The maximum atomic E-state index is 12.2. The number of hydrogen-bond donors (Lipinski definition) is 1. The topological polar surface area (TPSA) is 181 Å². The van der Waals surface area contributed by atoms with Gasteiger partial charge in [0.2, 0.25) is 15.7 Å². The van der Waals surface area contributed by atoms with Gasteiger partial charge in [-0.2, -0.15) is 8.42 Å². The zero-order valence-electron chi connectivity index (χ0n) is 21.9. The van der Waals surface area contributed by atoms with Crippen LogP contribution in [0.1, 0.15) is 33.3 Å². The second kappa shape index (κ2) is 16.2. The normalized spacial score (nSPS) is 13.6. The molecular formula is C22H32NNaO10S4. The molecule has 2 unspecified atom stereocenters. The van der Waals surface area contributed by atoms with Gasteiger partial charge in [0.15, 0.2) is 20.1 Å². The van der Waals surface area contributed by atoms with E-state index >= 15 is 0 Å². The van der Waals surface area contributed by atoms with Crippen molar-refractivity contribution in [1.82, 2.24) is 5.32 Å². The number of rotatable bonds is 13. The standard InChI is InChI=1S/C12H21NO6S2.C10H12O4S2.Na/c1-7-10(14)13-11(9(3)4)21(17,18)19-12(5,6)20(15,16)8-2;1-2-9-3-5-10(6-4-9)16(13,14)8-7-15(11)12;/h7-9,11H,1-2H2,3-6H3,(H,13,14);2-6H,1,7-8H2,(H,11,12);/q;;+1/p-1. The fraction of sp³-hybridized carbons (Fsp3) is 0.409. The van der Waals surface area contributed by atoms with Crippen LogP contribution in [-0.2, 0) is 49.9 Å². The van der Waals surface area contributed by atoms with Crippen LogP contribution in [0, 0.1) is 5.92 Å². The molecule has 1 aromatic rings. The maximum Gasteiger partial charge on any atom is 1.00 e. The third kappa shape index (κ3) is 12.3. The van der Waals surface area contributed by atoms with Gasteiger partial charge in [-0.3, -0.25) is 9.00 Å². The summed E-state index contributed by atoms with van der Waals surface area (Å²) in [4.78, 5) is 9.41. The van der Waals surface area contributed by atoms with Crippen LogP contribution in [0.3, 0.4) is 0 Å². The van der Waals surface area contributed by atoms with Gasteiger partial charge in [0.1, 0.15) is 0 Å². The van der Waals surface area contributed by atoms with Crippen LogP contribution < -0.4 is 34.9 Å². The molecule has 0 aliphatic rings. The van der Waals surface area contributed by atoms with Crippen molar-refractivity contribution in [2.24, 2.45) is 5.92 Å². The number of carbonyl (C=O) groups is 1. The summed E-state index contributed by atoms with van der Waals surface area (Å²) in [5.41, 5.74) is 0.811. The Morgan fingerprint density at radius 2 is 1.58 bits per heavy atom. The van der Waals surface area contributed by atoms with E-state index in [1.807, 2.05) is 0 Å². The Morgan fingerprint density at radius 1 is 1.08 bits per heavy atom. The van der Waals surface area contributed by atoms with E-state index in [0.29, 0.717) is 5.41 Å². The molecule has 1 N–H and O–H groups in total. The van der Waals surface area contributed by atoms with Crippen LogP contribution >= 0.6 is 0 Å². The van der Waals surface area contributed by atoms with Crippen LogP contribution in [0.2, 0.25) is 0 Å². The van der Waals surface area contributed by atoms with Crippen molar-refractivity contribution in [2.75, 3.05) is 11.5 Å². The predicted molar refractivity (Wildman–Crippen MR) is 143 cm³/mol. The number of hydrogen-bond acceptors (Lipinski definition) is 10. The molecule has 0 radical (unpaired) electrons. The Balaban J connectivity index is 0. The molecule has 0 saturated heterocycles. The molecule has 0 fully saturated rings. The average Bonchev–Trinajstić information content (AvgIpc) is 2.80. The van der Waals surface area contributed by atoms with Gasteiger partial charge >= 0.3 is 29.6 Å². The van der Waals surface area contributed by atoms with Gasteiger partial charge in [0, 0.05) is 11.2 Å². The largest absolute Gasteiger partial charge is 1.00 e. The fourth-order valence-electron chi connectivity index (χ4n) is 2.46. The summed E-state index contributed by atoms with van der Waals surface area (Å²) in [6.45, 7) is 15.2. The van der Waals surface area contributed by atoms with Crippen LogP contribution in [0.4, 0.5) is 0 Å². The summed E-state index contributed by atoms with van der Waals surface area (Å²) in [5, 5.41) is 1.43. The minimum atomic E-state index is -4.38. The number of sulfone groups is 2. The molecule has 0 aliphatic heterocycles. The molecule has 0 heterocycles. The maximum absolute atomic E-state index is 12.2. The van der Waals surface area contributed by atoms with Crippen molar-refractivity contribution >= 4 is 52.9 Å². The average molecular weight is 622 g/mol. The first-order valence-electron chi connectivity index (χ1n) is 10.5. The first-order chi connectivity index (χ1) is 16.8. The number of nitrogens with one attached hydrogen (secondary N) is 1. The SMILES string of the molecule is C=CC(=O)NC(C(C)C)S(=O)(=O)OC(C)(C)S(=O)(=O)C=C.C=Cc1ccc(S(=O)(=O)CCS(=O)[O-])cc1.[Na+]. The third-order valence-corrected chi connectivity index (χ3v) is 11.1. The molecule has 0 spiro atoms. The monoisotopic (exact) mass is 621 g/mol. The Morgan fingerprint density at radius 3 is 1.95 bits per heavy atom. The predicted octanol–water partition coefficient (Wildman–Crippen LogP) is -1.10. The molecule has 0 bridgehead atoms. The summed E-state index contributed by atoms with van der Waals surface area (Å²) in [7, 11) is -11.9. The van der Waals surface area contributed by atoms with Crippen molar-refractivity contribution < 1.29 is 72.5 Å². The molecule has 0 aromatic heterocycles. The van der Waals surface area contributed by atoms with E-state index in [-0.39, 0.29) is 40.2 Å². The van der Waals surface area contributed by atoms with E-state index in [9.17, 15) is 38.8 Å². The molecule has 1 amide bonds. The molecule has 210 valence electrons. The first kappa shape index (κ1) is 39.0. The molecule has 2 atom stereocenters. The minimum absolute atomic E-state index is 0. The summed E-state index contributed by atoms with van der Waals surface area (Å²) in [6.07, 6.45) is 2.51. The summed E-state index contributed by atoms with van der Waals surface area (Å²) in [6, 6.07) is 6.13. The van der Waals surface area contributed by atoms with Crippen molar-refractivity contribution in [1.29, 1.82) is 0 Å². The van der Waals surface area contributed by atoms with E-state index in [4.69, 9.17) is 4.18 Å². The molecule has 1 rings (SSSR count). The Labute approximate surface area is 250 Å². The fourth-order valence-corrected chi connectivity index (χ4v) is 7.32. The molecular weight excluding hydrogens is 589 g/mol. The Kier molecular flexibility index (Phi) is 16.6.